The molecule has 0 aliphatic carbocycles. The second-order valence-corrected chi connectivity index (χ2v) is 4.70. The fraction of sp³-hybridized carbons (Fsp3) is 0.467. The largest absolute Gasteiger partial charge is 0.494 e. The van der Waals surface area contributed by atoms with Crippen LogP contribution in [0.1, 0.15) is 19.8 Å². The summed E-state index contributed by atoms with van der Waals surface area (Å²) in [5, 5.41) is 3.12. The van der Waals surface area contributed by atoms with Gasteiger partial charge in [-0.05, 0) is 32.0 Å². The summed E-state index contributed by atoms with van der Waals surface area (Å²) in [6, 6.07) is 9.25. The highest BCUT2D eigenvalue weighted by molar-refractivity contribution is 6.05. The molecule has 0 bridgehead atoms. The molecule has 1 fully saturated rings. The lowest BCUT2D eigenvalue weighted by molar-refractivity contribution is -0.138. The minimum atomic E-state index is -0.362. The third kappa shape index (κ3) is 3.57. The molecule has 1 aromatic rings. The van der Waals surface area contributed by atoms with Crippen molar-refractivity contribution in [3.8, 4) is 5.75 Å². The van der Waals surface area contributed by atoms with Crippen LogP contribution in [0, 0.1) is 0 Å². The standard InChI is InChI=1S/C15H20N2O3/c1-2-17-14(18)11-13(15(17)19)16-9-6-10-20-12-7-4-3-5-8-12/h3-5,7-8,13,16H,2,6,9-11H2,1H3. The third-order valence-corrected chi connectivity index (χ3v) is 3.28. The first-order chi connectivity index (χ1) is 9.72. The number of rotatable bonds is 7. The summed E-state index contributed by atoms with van der Waals surface area (Å²) in [7, 11) is 0. The summed E-state index contributed by atoms with van der Waals surface area (Å²) in [6.45, 7) is 3.51. The van der Waals surface area contributed by atoms with Gasteiger partial charge in [-0.2, -0.15) is 0 Å². The summed E-state index contributed by atoms with van der Waals surface area (Å²) in [5.74, 6) is 0.647. The average molecular weight is 276 g/mol. The maximum absolute atomic E-state index is 11.8. The molecule has 1 saturated heterocycles. The minimum Gasteiger partial charge on any atom is -0.494 e. The Balaban J connectivity index is 1.64. The molecule has 1 atom stereocenters. The molecule has 1 aliphatic heterocycles. The van der Waals surface area contributed by atoms with Crippen molar-refractivity contribution in [2.75, 3.05) is 19.7 Å². The van der Waals surface area contributed by atoms with Gasteiger partial charge in [-0.15, -0.1) is 0 Å². The number of hydrogen-bond acceptors (Lipinski definition) is 4. The molecular weight excluding hydrogens is 256 g/mol. The quantitative estimate of drug-likeness (QED) is 0.600. The van der Waals surface area contributed by atoms with Crippen LogP contribution in [0.4, 0.5) is 0 Å². The van der Waals surface area contributed by atoms with Gasteiger partial charge < -0.3 is 10.1 Å². The van der Waals surface area contributed by atoms with E-state index in [1.54, 1.807) is 0 Å². The van der Waals surface area contributed by atoms with Crippen LogP contribution < -0.4 is 10.1 Å². The van der Waals surface area contributed by atoms with Crippen molar-refractivity contribution in [1.82, 2.24) is 10.2 Å². The van der Waals surface area contributed by atoms with Gasteiger partial charge in [0.2, 0.25) is 11.8 Å². The molecule has 5 nitrogen and oxygen atoms in total. The van der Waals surface area contributed by atoms with Crippen LogP contribution in [0.2, 0.25) is 0 Å². The fourth-order valence-corrected chi connectivity index (χ4v) is 2.23. The molecule has 1 aromatic carbocycles. The zero-order valence-corrected chi connectivity index (χ0v) is 11.7. The topological polar surface area (TPSA) is 58.6 Å². The molecule has 1 heterocycles. The van der Waals surface area contributed by atoms with E-state index < -0.39 is 0 Å². The number of para-hydroxylation sites is 1. The molecule has 5 heteroatoms. The first-order valence-electron chi connectivity index (χ1n) is 6.97. The highest BCUT2D eigenvalue weighted by atomic mass is 16.5. The number of benzene rings is 1. The molecule has 0 spiro atoms. The Bertz CT molecular complexity index is 461. The van der Waals surface area contributed by atoms with Gasteiger partial charge in [0.1, 0.15) is 5.75 Å². The number of carbonyl (C=O) groups is 2. The van der Waals surface area contributed by atoms with E-state index in [9.17, 15) is 9.59 Å². The van der Waals surface area contributed by atoms with Crippen molar-refractivity contribution in [2.24, 2.45) is 0 Å². The summed E-state index contributed by atoms with van der Waals surface area (Å²) in [5.41, 5.74) is 0. The lowest BCUT2D eigenvalue weighted by Gasteiger charge is -2.13. The van der Waals surface area contributed by atoms with Gasteiger partial charge >= 0.3 is 0 Å². The van der Waals surface area contributed by atoms with Gasteiger partial charge in [-0.1, -0.05) is 18.2 Å². The molecule has 1 unspecified atom stereocenters. The number of ether oxygens (including phenoxy) is 1. The van der Waals surface area contributed by atoms with Gasteiger partial charge in [0.15, 0.2) is 0 Å². The number of imide groups is 1. The van der Waals surface area contributed by atoms with Gasteiger partial charge in [0, 0.05) is 6.54 Å². The van der Waals surface area contributed by atoms with Gasteiger partial charge in [0.25, 0.3) is 0 Å². The Labute approximate surface area is 118 Å². The highest BCUT2D eigenvalue weighted by Gasteiger charge is 2.36. The van der Waals surface area contributed by atoms with Crippen molar-refractivity contribution in [3.63, 3.8) is 0 Å². The zero-order valence-electron chi connectivity index (χ0n) is 11.7. The number of nitrogens with zero attached hydrogens (tertiary/aromatic N) is 1. The number of nitrogens with one attached hydrogen (secondary N) is 1. The summed E-state index contributed by atoms with van der Waals surface area (Å²) < 4.78 is 5.56. The van der Waals surface area contributed by atoms with E-state index in [1.165, 1.54) is 4.90 Å². The normalized spacial score (nSPS) is 18.6. The molecule has 20 heavy (non-hydrogen) atoms. The van der Waals surface area contributed by atoms with E-state index in [0.29, 0.717) is 19.7 Å². The van der Waals surface area contributed by atoms with E-state index in [-0.39, 0.29) is 24.3 Å². The minimum absolute atomic E-state index is 0.0875. The molecular formula is C15H20N2O3. The monoisotopic (exact) mass is 276 g/mol. The average Bonchev–Trinajstić information content (AvgIpc) is 2.74. The van der Waals surface area contributed by atoms with Gasteiger partial charge in [0.05, 0.1) is 19.1 Å². The van der Waals surface area contributed by atoms with E-state index in [0.717, 1.165) is 12.2 Å². The van der Waals surface area contributed by atoms with Crippen molar-refractivity contribution < 1.29 is 14.3 Å². The number of likely N-dealkylation sites (N-methyl/N-ethyl adjacent to an activating group) is 1. The smallest absolute Gasteiger partial charge is 0.246 e. The number of likely N-dealkylation sites (tertiary alicyclic amines) is 1. The number of hydrogen-bond donors (Lipinski definition) is 1. The van der Waals surface area contributed by atoms with Gasteiger partial charge in [-0.3, -0.25) is 14.5 Å². The van der Waals surface area contributed by atoms with Crippen LogP contribution in [0.5, 0.6) is 5.75 Å². The maximum atomic E-state index is 11.8. The summed E-state index contributed by atoms with van der Waals surface area (Å²) in [6.07, 6.45) is 1.06. The van der Waals surface area contributed by atoms with E-state index in [4.69, 9.17) is 4.74 Å². The zero-order chi connectivity index (χ0) is 14.4. The Hall–Kier alpha value is -1.88. The highest BCUT2D eigenvalue weighted by Crippen LogP contribution is 2.12. The van der Waals surface area contributed by atoms with Crippen molar-refractivity contribution in [3.05, 3.63) is 30.3 Å². The van der Waals surface area contributed by atoms with Crippen LogP contribution in [-0.2, 0) is 9.59 Å². The molecule has 2 amide bonds. The summed E-state index contributed by atoms with van der Waals surface area (Å²) >= 11 is 0. The fourth-order valence-electron chi connectivity index (χ4n) is 2.23. The number of carbonyl (C=O) groups excluding carboxylic acids is 2. The lowest BCUT2D eigenvalue weighted by Crippen LogP contribution is -2.39. The van der Waals surface area contributed by atoms with E-state index >= 15 is 0 Å². The second-order valence-electron chi connectivity index (χ2n) is 4.70. The Morgan fingerprint density at radius 1 is 1.30 bits per heavy atom. The van der Waals surface area contributed by atoms with Crippen LogP contribution in [0.25, 0.3) is 0 Å². The van der Waals surface area contributed by atoms with E-state index in [2.05, 4.69) is 5.32 Å². The van der Waals surface area contributed by atoms with Gasteiger partial charge in [-0.25, -0.2) is 0 Å². The van der Waals surface area contributed by atoms with Crippen LogP contribution >= 0.6 is 0 Å². The molecule has 1 N–H and O–H groups in total. The van der Waals surface area contributed by atoms with Crippen molar-refractivity contribution in [2.45, 2.75) is 25.8 Å². The molecule has 0 aromatic heterocycles. The first kappa shape index (κ1) is 14.5. The Kier molecular flexibility index (Phi) is 5.12. The second kappa shape index (κ2) is 7.05. The predicted molar refractivity (Wildman–Crippen MR) is 75.4 cm³/mol. The molecule has 108 valence electrons. The Morgan fingerprint density at radius 3 is 2.70 bits per heavy atom. The van der Waals surface area contributed by atoms with E-state index in [1.807, 2.05) is 37.3 Å². The predicted octanol–water partition coefficient (Wildman–Crippen LogP) is 1.19. The SMILES string of the molecule is CCN1C(=O)CC(NCCCOc2ccccc2)C1=O. The summed E-state index contributed by atoms with van der Waals surface area (Å²) in [4.78, 5) is 24.7. The first-order valence-corrected chi connectivity index (χ1v) is 6.97. The maximum Gasteiger partial charge on any atom is 0.246 e. The third-order valence-electron chi connectivity index (χ3n) is 3.28. The molecule has 0 radical (unpaired) electrons. The van der Waals surface area contributed by atoms with Crippen LogP contribution in [0.15, 0.2) is 30.3 Å². The molecule has 2 rings (SSSR count). The van der Waals surface area contributed by atoms with Crippen molar-refractivity contribution in [1.29, 1.82) is 0 Å². The number of amides is 2. The Morgan fingerprint density at radius 2 is 2.05 bits per heavy atom. The molecule has 1 aliphatic rings. The molecule has 0 saturated carbocycles. The lowest BCUT2D eigenvalue weighted by atomic mass is 10.2. The van der Waals surface area contributed by atoms with Crippen LogP contribution in [-0.4, -0.2) is 42.5 Å². The van der Waals surface area contributed by atoms with Crippen LogP contribution in [0.3, 0.4) is 0 Å². The van der Waals surface area contributed by atoms with Crippen molar-refractivity contribution >= 4 is 11.8 Å².